The number of aromatic carboxylic acids is 1. The first-order valence-electron chi connectivity index (χ1n) is 9.59. The molecule has 4 heteroatoms. The summed E-state index contributed by atoms with van der Waals surface area (Å²) >= 11 is 0. The lowest BCUT2D eigenvalue weighted by Crippen LogP contribution is -2.17. The van der Waals surface area contributed by atoms with E-state index in [1.807, 2.05) is 6.92 Å². The predicted octanol–water partition coefficient (Wildman–Crippen LogP) is 5.85. The van der Waals surface area contributed by atoms with Gasteiger partial charge in [-0.15, -0.1) is 0 Å². The monoisotopic (exact) mass is 348 g/mol. The second-order valence-electron chi connectivity index (χ2n) is 6.68. The van der Waals surface area contributed by atoms with Gasteiger partial charge in [-0.2, -0.15) is 0 Å². The summed E-state index contributed by atoms with van der Waals surface area (Å²) in [7, 11) is 0. The number of rotatable bonds is 13. The number of carbonyl (C=O) groups is 2. The molecule has 0 amide bonds. The van der Waals surface area contributed by atoms with Crippen LogP contribution in [0.15, 0.2) is 24.3 Å². The Morgan fingerprint density at radius 3 is 2.00 bits per heavy atom. The molecule has 0 aliphatic carbocycles. The standard InChI is InChI=1S/C21H32O4/c1-3-4-5-6-7-8-9-10-11-14-17(2)25-21(24)19-16-13-12-15-18(19)20(22)23/h12-13,15-17H,3-11,14H2,1-2H3,(H,22,23)/t17-/m1/s1. The van der Waals surface area contributed by atoms with Crippen LogP contribution in [0.3, 0.4) is 0 Å². The summed E-state index contributed by atoms with van der Waals surface area (Å²) in [5.41, 5.74) is 0.108. The summed E-state index contributed by atoms with van der Waals surface area (Å²) in [6.45, 7) is 4.10. The largest absolute Gasteiger partial charge is 0.478 e. The van der Waals surface area contributed by atoms with Crippen molar-refractivity contribution in [2.45, 2.75) is 84.2 Å². The lowest BCUT2D eigenvalue weighted by Gasteiger charge is -2.14. The molecule has 0 aliphatic rings. The van der Waals surface area contributed by atoms with Gasteiger partial charge in [0.05, 0.1) is 17.2 Å². The van der Waals surface area contributed by atoms with E-state index >= 15 is 0 Å². The van der Waals surface area contributed by atoms with Gasteiger partial charge in [0.25, 0.3) is 0 Å². The minimum absolute atomic E-state index is 0.0113. The number of carbonyl (C=O) groups excluding carboxylic acids is 1. The number of ether oxygens (including phenoxy) is 1. The molecule has 0 heterocycles. The summed E-state index contributed by atoms with van der Waals surface area (Å²) < 4.78 is 5.40. The van der Waals surface area contributed by atoms with Crippen molar-refractivity contribution < 1.29 is 19.4 Å². The molecule has 1 rings (SSSR count). The maximum atomic E-state index is 12.2. The molecule has 140 valence electrons. The quantitative estimate of drug-likeness (QED) is 0.359. The van der Waals surface area contributed by atoms with Gasteiger partial charge >= 0.3 is 11.9 Å². The third kappa shape index (κ3) is 8.71. The van der Waals surface area contributed by atoms with Gasteiger partial charge < -0.3 is 9.84 Å². The van der Waals surface area contributed by atoms with E-state index in [-0.39, 0.29) is 17.2 Å². The van der Waals surface area contributed by atoms with Crippen molar-refractivity contribution in [2.24, 2.45) is 0 Å². The van der Waals surface area contributed by atoms with E-state index in [0.29, 0.717) is 0 Å². The maximum Gasteiger partial charge on any atom is 0.339 e. The van der Waals surface area contributed by atoms with E-state index in [1.165, 1.54) is 57.1 Å². The van der Waals surface area contributed by atoms with Crippen LogP contribution >= 0.6 is 0 Å². The van der Waals surface area contributed by atoms with Gasteiger partial charge in [-0.05, 0) is 31.9 Å². The van der Waals surface area contributed by atoms with Crippen LogP contribution in [0, 0.1) is 0 Å². The number of benzene rings is 1. The highest BCUT2D eigenvalue weighted by Gasteiger charge is 2.18. The zero-order chi connectivity index (χ0) is 18.5. The van der Waals surface area contributed by atoms with Gasteiger partial charge in [0.1, 0.15) is 0 Å². The molecule has 0 fully saturated rings. The predicted molar refractivity (Wildman–Crippen MR) is 100 cm³/mol. The number of esters is 1. The van der Waals surface area contributed by atoms with Gasteiger partial charge in [-0.25, -0.2) is 9.59 Å². The first kappa shape index (κ1) is 21.2. The van der Waals surface area contributed by atoms with Crippen LogP contribution in [0.25, 0.3) is 0 Å². The van der Waals surface area contributed by atoms with Gasteiger partial charge in [-0.3, -0.25) is 0 Å². The molecule has 25 heavy (non-hydrogen) atoms. The van der Waals surface area contributed by atoms with E-state index in [9.17, 15) is 9.59 Å². The first-order valence-corrected chi connectivity index (χ1v) is 9.59. The Kier molecular flexibility index (Phi) is 10.6. The van der Waals surface area contributed by atoms with Crippen molar-refractivity contribution in [3.05, 3.63) is 35.4 Å². The Hall–Kier alpha value is -1.84. The van der Waals surface area contributed by atoms with E-state index in [0.717, 1.165) is 19.3 Å². The summed E-state index contributed by atoms with van der Waals surface area (Å²) in [6, 6.07) is 6.17. The minimum Gasteiger partial charge on any atom is -0.478 e. The molecule has 0 spiro atoms. The fourth-order valence-electron chi connectivity index (χ4n) is 2.90. The molecule has 0 aliphatic heterocycles. The van der Waals surface area contributed by atoms with E-state index < -0.39 is 11.9 Å². The van der Waals surface area contributed by atoms with Crippen molar-refractivity contribution in [3.8, 4) is 0 Å². The SMILES string of the molecule is CCCCCCCCCCC[C@@H](C)OC(=O)c1ccccc1C(=O)O. The zero-order valence-electron chi connectivity index (χ0n) is 15.6. The fraction of sp³-hybridized carbons (Fsp3) is 0.619. The molecule has 1 aromatic carbocycles. The van der Waals surface area contributed by atoms with Gasteiger partial charge in [-0.1, -0.05) is 70.4 Å². The highest BCUT2D eigenvalue weighted by atomic mass is 16.5. The van der Waals surface area contributed by atoms with E-state index in [4.69, 9.17) is 9.84 Å². The number of carboxylic acid groups (broad SMARTS) is 1. The fourth-order valence-corrected chi connectivity index (χ4v) is 2.90. The summed E-state index contributed by atoms with van der Waals surface area (Å²) in [4.78, 5) is 23.3. The average Bonchev–Trinajstić information content (AvgIpc) is 2.60. The Morgan fingerprint density at radius 1 is 0.920 bits per heavy atom. The summed E-state index contributed by atoms with van der Waals surface area (Å²) in [6.07, 6.45) is 11.9. The summed E-state index contributed by atoms with van der Waals surface area (Å²) in [5, 5.41) is 9.13. The number of carboxylic acids is 1. The smallest absolute Gasteiger partial charge is 0.339 e. The minimum atomic E-state index is -1.11. The number of unbranched alkanes of at least 4 members (excludes halogenated alkanes) is 8. The van der Waals surface area contributed by atoms with Crippen molar-refractivity contribution in [3.63, 3.8) is 0 Å². The molecule has 0 saturated heterocycles. The molecular formula is C21H32O4. The maximum absolute atomic E-state index is 12.2. The molecule has 0 aromatic heterocycles. The highest BCUT2D eigenvalue weighted by Crippen LogP contribution is 2.15. The van der Waals surface area contributed by atoms with Crippen LogP contribution in [0.5, 0.6) is 0 Å². The second-order valence-corrected chi connectivity index (χ2v) is 6.68. The van der Waals surface area contributed by atoms with Crippen LogP contribution in [-0.4, -0.2) is 23.1 Å². The topological polar surface area (TPSA) is 63.6 Å². The molecular weight excluding hydrogens is 316 g/mol. The molecule has 4 nitrogen and oxygen atoms in total. The van der Waals surface area contributed by atoms with Crippen LogP contribution in [-0.2, 0) is 4.74 Å². The molecule has 0 saturated carbocycles. The van der Waals surface area contributed by atoms with E-state index in [2.05, 4.69) is 6.92 Å². The highest BCUT2D eigenvalue weighted by molar-refractivity contribution is 6.02. The van der Waals surface area contributed by atoms with Gasteiger partial charge in [0, 0.05) is 0 Å². The summed E-state index contributed by atoms with van der Waals surface area (Å²) in [5.74, 6) is -1.67. The third-order valence-corrected chi connectivity index (χ3v) is 4.40. The second kappa shape index (κ2) is 12.5. The molecule has 1 aromatic rings. The third-order valence-electron chi connectivity index (χ3n) is 4.40. The van der Waals surface area contributed by atoms with Crippen LogP contribution in [0.4, 0.5) is 0 Å². The van der Waals surface area contributed by atoms with Gasteiger partial charge in [0.15, 0.2) is 0 Å². The zero-order valence-corrected chi connectivity index (χ0v) is 15.6. The molecule has 1 N–H and O–H groups in total. The molecule has 0 radical (unpaired) electrons. The molecule has 0 bridgehead atoms. The molecule has 1 atom stereocenters. The Balaban J connectivity index is 2.21. The Bertz CT molecular complexity index is 524. The lowest BCUT2D eigenvalue weighted by atomic mass is 10.1. The first-order chi connectivity index (χ1) is 12.1. The normalized spacial score (nSPS) is 11.9. The Morgan fingerprint density at radius 2 is 1.44 bits per heavy atom. The van der Waals surface area contributed by atoms with Crippen LogP contribution in [0.1, 0.15) is 98.8 Å². The van der Waals surface area contributed by atoms with Crippen LogP contribution < -0.4 is 0 Å². The van der Waals surface area contributed by atoms with Crippen LogP contribution in [0.2, 0.25) is 0 Å². The molecule has 0 unspecified atom stereocenters. The van der Waals surface area contributed by atoms with Gasteiger partial charge in [0.2, 0.25) is 0 Å². The van der Waals surface area contributed by atoms with Crippen molar-refractivity contribution in [2.75, 3.05) is 0 Å². The van der Waals surface area contributed by atoms with Crippen molar-refractivity contribution in [1.82, 2.24) is 0 Å². The Labute approximate surface area is 151 Å². The number of hydrogen-bond donors (Lipinski definition) is 1. The van der Waals surface area contributed by atoms with E-state index in [1.54, 1.807) is 12.1 Å². The average molecular weight is 348 g/mol. The lowest BCUT2D eigenvalue weighted by molar-refractivity contribution is 0.0313. The van der Waals surface area contributed by atoms with Crippen molar-refractivity contribution in [1.29, 1.82) is 0 Å². The van der Waals surface area contributed by atoms with Crippen molar-refractivity contribution >= 4 is 11.9 Å². The number of hydrogen-bond acceptors (Lipinski definition) is 3.